The predicted molar refractivity (Wildman–Crippen MR) is 80.4 cm³/mol. The quantitative estimate of drug-likeness (QED) is 0.872. The molecule has 1 saturated carbocycles. The molecule has 0 radical (unpaired) electrons. The number of halogens is 1. The number of aliphatic carboxylic acids is 1. The lowest BCUT2D eigenvalue weighted by molar-refractivity contribution is -0.147. The summed E-state index contributed by atoms with van der Waals surface area (Å²) in [5, 5.41) is 9.43. The Balaban J connectivity index is 1.79. The van der Waals surface area contributed by atoms with Crippen molar-refractivity contribution in [2.24, 2.45) is 0 Å². The molecule has 7 heteroatoms. The summed E-state index contributed by atoms with van der Waals surface area (Å²) >= 11 is 3.38. The van der Waals surface area contributed by atoms with Gasteiger partial charge in [0, 0.05) is 0 Å². The van der Waals surface area contributed by atoms with Gasteiger partial charge < -0.3 is 9.84 Å². The predicted octanol–water partition coefficient (Wildman–Crippen LogP) is 2.13. The fourth-order valence-corrected chi connectivity index (χ4v) is 4.46. The summed E-state index contributed by atoms with van der Waals surface area (Å²) < 4.78 is 28.5. The van der Waals surface area contributed by atoms with E-state index in [-0.39, 0.29) is 17.6 Å². The van der Waals surface area contributed by atoms with E-state index in [1.165, 1.54) is 0 Å². The highest BCUT2D eigenvalue weighted by molar-refractivity contribution is 9.10. The van der Waals surface area contributed by atoms with Crippen LogP contribution in [0.15, 0.2) is 22.7 Å². The molecule has 114 valence electrons. The van der Waals surface area contributed by atoms with Gasteiger partial charge in [0.05, 0.1) is 21.4 Å². The first-order valence-corrected chi connectivity index (χ1v) is 9.34. The van der Waals surface area contributed by atoms with E-state index in [2.05, 4.69) is 15.9 Å². The molecular weight excluding hydrogens is 360 g/mol. The molecule has 0 unspecified atom stereocenters. The minimum Gasteiger partial charge on any atom is -0.487 e. The first kappa shape index (κ1) is 14.8. The van der Waals surface area contributed by atoms with Gasteiger partial charge in [-0.15, -0.1) is 0 Å². The molecule has 0 aromatic heterocycles. The SMILES string of the molecule is O=C(O)C1(c2ccc(OC3CS(=O)(=O)C3)c(Br)c2)CCC1. The van der Waals surface area contributed by atoms with Crippen LogP contribution in [0.2, 0.25) is 0 Å². The van der Waals surface area contributed by atoms with Crippen molar-refractivity contribution >= 4 is 31.7 Å². The van der Waals surface area contributed by atoms with E-state index in [1.54, 1.807) is 18.2 Å². The molecule has 21 heavy (non-hydrogen) atoms. The number of rotatable bonds is 4. The second kappa shape index (κ2) is 4.98. The van der Waals surface area contributed by atoms with Crippen LogP contribution >= 0.6 is 15.9 Å². The zero-order valence-corrected chi connectivity index (χ0v) is 13.6. The zero-order valence-electron chi connectivity index (χ0n) is 11.2. The smallest absolute Gasteiger partial charge is 0.314 e. The average molecular weight is 375 g/mol. The number of benzene rings is 1. The fraction of sp³-hybridized carbons (Fsp3) is 0.500. The largest absolute Gasteiger partial charge is 0.487 e. The maximum atomic E-state index is 11.5. The number of ether oxygens (including phenoxy) is 1. The zero-order chi connectivity index (χ0) is 15.3. The first-order chi connectivity index (χ1) is 9.82. The highest BCUT2D eigenvalue weighted by Gasteiger charge is 2.46. The van der Waals surface area contributed by atoms with Crippen molar-refractivity contribution < 1.29 is 23.1 Å². The summed E-state index contributed by atoms with van der Waals surface area (Å²) in [6.45, 7) is 0. The van der Waals surface area contributed by atoms with Gasteiger partial charge in [-0.2, -0.15) is 0 Å². The van der Waals surface area contributed by atoms with E-state index in [1.807, 2.05) is 0 Å². The Bertz CT molecular complexity index is 681. The van der Waals surface area contributed by atoms with Crippen LogP contribution in [0.25, 0.3) is 0 Å². The molecule has 0 spiro atoms. The summed E-state index contributed by atoms with van der Waals surface area (Å²) in [4.78, 5) is 11.5. The molecular formula is C14H15BrO5S. The normalized spacial score (nSPS) is 22.9. The van der Waals surface area contributed by atoms with Crippen LogP contribution in [-0.2, 0) is 20.0 Å². The summed E-state index contributed by atoms with van der Waals surface area (Å²) in [6, 6.07) is 5.25. The molecule has 0 atom stereocenters. The number of sulfone groups is 1. The Morgan fingerprint density at radius 3 is 2.43 bits per heavy atom. The van der Waals surface area contributed by atoms with Crippen LogP contribution in [0.5, 0.6) is 5.75 Å². The van der Waals surface area contributed by atoms with Gasteiger partial charge in [0.1, 0.15) is 11.9 Å². The third kappa shape index (κ3) is 2.57. The first-order valence-electron chi connectivity index (χ1n) is 6.73. The van der Waals surface area contributed by atoms with Crippen LogP contribution in [-0.4, -0.2) is 37.1 Å². The lowest BCUT2D eigenvalue weighted by Crippen LogP contribution is -2.45. The summed E-state index contributed by atoms with van der Waals surface area (Å²) in [5.74, 6) is -0.154. The van der Waals surface area contributed by atoms with Crippen molar-refractivity contribution in [2.75, 3.05) is 11.5 Å². The molecule has 1 aromatic carbocycles. The average Bonchev–Trinajstić information content (AvgIpc) is 2.28. The van der Waals surface area contributed by atoms with Gasteiger partial charge in [-0.05, 0) is 46.5 Å². The number of carboxylic acid groups (broad SMARTS) is 1. The summed E-state index contributed by atoms with van der Waals surface area (Å²) in [7, 11) is -2.92. The van der Waals surface area contributed by atoms with Crippen LogP contribution in [0.4, 0.5) is 0 Å². The van der Waals surface area contributed by atoms with Crippen molar-refractivity contribution in [3.8, 4) is 5.75 Å². The molecule has 2 fully saturated rings. The van der Waals surface area contributed by atoms with Gasteiger partial charge in [-0.1, -0.05) is 12.5 Å². The van der Waals surface area contributed by atoms with Crippen LogP contribution in [0.3, 0.4) is 0 Å². The molecule has 1 aromatic rings. The van der Waals surface area contributed by atoms with E-state index in [4.69, 9.17) is 4.74 Å². The Morgan fingerprint density at radius 2 is 2.00 bits per heavy atom. The van der Waals surface area contributed by atoms with E-state index in [9.17, 15) is 18.3 Å². The molecule has 0 bridgehead atoms. The third-order valence-electron chi connectivity index (χ3n) is 4.27. The lowest BCUT2D eigenvalue weighted by Gasteiger charge is -2.38. The molecule has 1 aliphatic heterocycles. The van der Waals surface area contributed by atoms with Crippen LogP contribution in [0.1, 0.15) is 24.8 Å². The second-order valence-electron chi connectivity index (χ2n) is 5.70. The van der Waals surface area contributed by atoms with Gasteiger partial charge in [-0.25, -0.2) is 8.42 Å². The Hall–Kier alpha value is -1.08. The fourth-order valence-electron chi connectivity index (χ4n) is 2.82. The second-order valence-corrected chi connectivity index (χ2v) is 8.71. The lowest BCUT2D eigenvalue weighted by atomic mass is 9.64. The van der Waals surface area contributed by atoms with E-state index < -0.39 is 21.2 Å². The van der Waals surface area contributed by atoms with E-state index >= 15 is 0 Å². The van der Waals surface area contributed by atoms with Crippen molar-refractivity contribution in [1.29, 1.82) is 0 Å². The summed E-state index contributed by atoms with van der Waals surface area (Å²) in [6.07, 6.45) is 1.91. The van der Waals surface area contributed by atoms with Crippen LogP contribution in [0, 0.1) is 0 Å². The number of carboxylic acids is 1. The maximum absolute atomic E-state index is 11.5. The standard InChI is InChI=1S/C14H15BrO5S/c15-11-6-9(14(13(16)17)4-1-5-14)2-3-12(11)20-10-7-21(18,19)8-10/h2-3,6,10H,1,4-5,7-8H2,(H,16,17). The topological polar surface area (TPSA) is 80.7 Å². The Kier molecular flexibility index (Phi) is 3.52. The van der Waals surface area contributed by atoms with Crippen LogP contribution < -0.4 is 4.74 Å². The number of hydrogen-bond acceptors (Lipinski definition) is 4. The van der Waals surface area contributed by atoms with Gasteiger partial charge >= 0.3 is 5.97 Å². The van der Waals surface area contributed by atoms with Crippen molar-refractivity contribution in [1.82, 2.24) is 0 Å². The molecule has 5 nitrogen and oxygen atoms in total. The van der Waals surface area contributed by atoms with Crippen molar-refractivity contribution in [3.05, 3.63) is 28.2 Å². The van der Waals surface area contributed by atoms with Gasteiger partial charge in [0.25, 0.3) is 0 Å². The van der Waals surface area contributed by atoms with Gasteiger partial charge in [0.15, 0.2) is 9.84 Å². The highest BCUT2D eigenvalue weighted by atomic mass is 79.9. The Morgan fingerprint density at radius 1 is 1.33 bits per heavy atom. The Labute approximate surface area is 131 Å². The van der Waals surface area contributed by atoms with E-state index in [0.717, 1.165) is 12.0 Å². The monoisotopic (exact) mass is 374 g/mol. The molecule has 2 aliphatic rings. The molecule has 0 amide bonds. The number of hydrogen-bond donors (Lipinski definition) is 1. The molecule has 1 aliphatic carbocycles. The molecule has 1 heterocycles. The van der Waals surface area contributed by atoms with Crippen molar-refractivity contribution in [2.45, 2.75) is 30.8 Å². The molecule has 1 N–H and O–H groups in total. The minimum absolute atomic E-state index is 0.0419. The maximum Gasteiger partial charge on any atom is 0.314 e. The number of carbonyl (C=O) groups is 1. The van der Waals surface area contributed by atoms with Crippen molar-refractivity contribution in [3.63, 3.8) is 0 Å². The summed E-state index contributed by atoms with van der Waals surface area (Å²) in [5.41, 5.74) is -0.0115. The molecule has 3 rings (SSSR count). The van der Waals surface area contributed by atoms with E-state index in [0.29, 0.717) is 23.1 Å². The van der Waals surface area contributed by atoms with Gasteiger partial charge in [-0.3, -0.25) is 4.79 Å². The van der Waals surface area contributed by atoms with Gasteiger partial charge in [0.2, 0.25) is 0 Å². The third-order valence-corrected chi connectivity index (χ3v) is 6.65. The molecule has 1 saturated heterocycles. The minimum atomic E-state index is -2.92. The highest BCUT2D eigenvalue weighted by Crippen LogP contribution is 2.45.